The van der Waals surface area contributed by atoms with Crippen molar-refractivity contribution in [1.29, 1.82) is 0 Å². The van der Waals surface area contributed by atoms with E-state index in [1.165, 1.54) is 12.7 Å². The second-order valence-corrected chi connectivity index (χ2v) is 8.19. The van der Waals surface area contributed by atoms with Gasteiger partial charge in [0, 0.05) is 35.8 Å². The third-order valence-electron chi connectivity index (χ3n) is 5.90. The molecule has 2 aliphatic rings. The van der Waals surface area contributed by atoms with Gasteiger partial charge in [0.2, 0.25) is 5.91 Å². The van der Waals surface area contributed by atoms with Gasteiger partial charge in [-0.15, -0.1) is 0 Å². The van der Waals surface area contributed by atoms with Gasteiger partial charge in [0.1, 0.15) is 24.7 Å². The highest BCUT2D eigenvalue weighted by Gasteiger charge is 2.38. The number of halogens is 1. The molecule has 4 rings (SSSR count). The van der Waals surface area contributed by atoms with Crippen molar-refractivity contribution in [2.24, 2.45) is 5.92 Å². The van der Waals surface area contributed by atoms with Gasteiger partial charge in [-0.2, -0.15) is 0 Å². The second-order valence-electron chi connectivity index (χ2n) is 7.78. The molecule has 1 fully saturated rings. The van der Waals surface area contributed by atoms with E-state index in [0.29, 0.717) is 13.2 Å². The fourth-order valence-electron chi connectivity index (χ4n) is 4.07. The number of aryl methyl sites for hydroxylation is 1. The van der Waals surface area contributed by atoms with E-state index in [2.05, 4.69) is 29.4 Å². The van der Waals surface area contributed by atoms with Gasteiger partial charge in [-0.3, -0.25) is 14.5 Å². The Morgan fingerprint density at radius 3 is 2.90 bits per heavy atom. The summed E-state index contributed by atoms with van der Waals surface area (Å²) in [6.07, 6.45) is 1.82. The maximum absolute atomic E-state index is 11.8. The predicted octanol–water partition coefficient (Wildman–Crippen LogP) is 3.39. The lowest BCUT2D eigenvalue weighted by Gasteiger charge is -2.44. The molecule has 2 heterocycles. The minimum absolute atomic E-state index is 0.0139. The largest absolute Gasteiger partial charge is 0.492 e. The fraction of sp³-hybridized carbons (Fsp3) is 0.435. The summed E-state index contributed by atoms with van der Waals surface area (Å²) in [7, 11) is 1.45. The Morgan fingerprint density at radius 2 is 2.13 bits per heavy atom. The monoisotopic (exact) mass is 430 g/mol. The number of hydroxylamine groups is 1. The molecule has 1 unspecified atom stereocenters. The summed E-state index contributed by atoms with van der Waals surface area (Å²) in [4.78, 5) is 18.8. The minimum Gasteiger partial charge on any atom is -0.492 e. The lowest BCUT2D eigenvalue weighted by Crippen LogP contribution is -2.59. The molecule has 0 saturated carbocycles. The first kappa shape index (κ1) is 21.0. The van der Waals surface area contributed by atoms with E-state index in [1.807, 2.05) is 24.3 Å². The number of fused-ring (bicyclic) bond motifs is 1. The molecule has 2 aliphatic heterocycles. The number of benzene rings is 2. The van der Waals surface area contributed by atoms with Crippen molar-refractivity contribution in [2.75, 3.05) is 26.8 Å². The maximum Gasteiger partial charge on any atom is 0.249 e. The molecule has 0 bridgehead atoms. The Kier molecular flexibility index (Phi) is 6.46. The molecular weight excluding hydrogens is 404 g/mol. The number of rotatable bonds is 7. The number of hydrogen-bond acceptors (Lipinski definition) is 5. The summed E-state index contributed by atoms with van der Waals surface area (Å²) in [5, 5.41) is 0.735. The Bertz CT molecular complexity index is 914. The molecule has 7 heteroatoms. The summed E-state index contributed by atoms with van der Waals surface area (Å²) in [5.74, 6) is 1.57. The number of amides is 1. The van der Waals surface area contributed by atoms with Crippen LogP contribution in [0.4, 0.5) is 0 Å². The zero-order chi connectivity index (χ0) is 21.1. The number of nitrogens with one attached hydrogen (secondary N) is 1. The number of hydrogen-bond donors (Lipinski definition) is 1. The van der Waals surface area contributed by atoms with Crippen molar-refractivity contribution in [2.45, 2.75) is 32.4 Å². The van der Waals surface area contributed by atoms with E-state index in [1.54, 1.807) is 0 Å². The molecule has 6 nitrogen and oxygen atoms in total. The van der Waals surface area contributed by atoms with Gasteiger partial charge in [0.25, 0.3) is 0 Å². The van der Waals surface area contributed by atoms with Crippen LogP contribution >= 0.6 is 11.6 Å². The Balaban J connectivity index is 1.34. The molecule has 0 aliphatic carbocycles. The first-order valence-corrected chi connectivity index (χ1v) is 10.7. The molecule has 0 aromatic heterocycles. The molecule has 1 N–H and O–H groups in total. The van der Waals surface area contributed by atoms with Crippen LogP contribution in [-0.2, 0) is 29.1 Å². The first-order chi connectivity index (χ1) is 14.6. The molecule has 160 valence electrons. The minimum atomic E-state index is -0.0579. The van der Waals surface area contributed by atoms with Crippen molar-refractivity contribution in [3.63, 3.8) is 0 Å². The van der Waals surface area contributed by atoms with Crippen LogP contribution in [0.1, 0.15) is 23.6 Å². The maximum atomic E-state index is 11.8. The van der Waals surface area contributed by atoms with Gasteiger partial charge in [0.15, 0.2) is 0 Å². The Labute approximate surface area is 182 Å². The summed E-state index contributed by atoms with van der Waals surface area (Å²) in [6.45, 7) is 4.62. The number of carbonyl (C=O) groups is 1. The highest BCUT2D eigenvalue weighted by Crippen LogP contribution is 2.33. The van der Waals surface area contributed by atoms with Crippen LogP contribution < -0.4 is 15.0 Å². The van der Waals surface area contributed by atoms with E-state index >= 15 is 0 Å². The molecule has 1 amide bonds. The van der Waals surface area contributed by atoms with E-state index < -0.39 is 0 Å². The molecular formula is C23H27ClN2O4. The summed E-state index contributed by atoms with van der Waals surface area (Å²) in [6, 6.07) is 12.2. The number of nitrogens with zero attached hydrogens (tertiary/aromatic N) is 1. The summed E-state index contributed by atoms with van der Waals surface area (Å²) < 4.78 is 12.0. The van der Waals surface area contributed by atoms with Crippen LogP contribution in [0, 0.1) is 5.92 Å². The Hall–Kier alpha value is -2.28. The fourth-order valence-corrected chi connectivity index (χ4v) is 4.32. The van der Waals surface area contributed by atoms with Gasteiger partial charge in [-0.1, -0.05) is 36.7 Å². The quantitative estimate of drug-likeness (QED) is 0.682. The molecule has 2 aromatic rings. The molecule has 0 radical (unpaired) electrons. The third-order valence-corrected chi connectivity index (χ3v) is 6.26. The van der Waals surface area contributed by atoms with Crippen molar-refractivity contribution >= 4 is 17.5 Å². The normalized spacial score (nSPS) is 18.8. The first-order valence-electron chi connectivity index (χ1n) is 10.3. The molecule has 30 heavy (non-hydrogen) atoms. The lowest BCUT2D eigenvalue weighted by atomic mass is 9.93. The summed E-state index contributed by atoms with van der Waals surface area (Å²) in [5.41, 5.74) is 5.80. The zero-order valence-electron chi connectivity index (χ0n) is 17.3. The van der Waals surface area contributed by atoms with Crippen molar-refractivity contribution in [3.05, 3.63) is 58.1 Å². The second kappa shape index (κ2) is 9.25. The average molecular weight is 431 g/mol. The van der Waals surface area contributed by atoms with Crippen LogP contribution in [0.15, 0.2) is 36.4 Å². The van der Waals surface area contributed by atoms with Crippen LogP contribution in [-0.4, -0.2) is 43.7 Å². The van der Waals surface area contributed by atoms with Gasteiger partial charge < -0.3 is 9.47 Å². The number of carbonyl (C=O) groups excluding carboxylic acids is 1. The van der Waals surface area contributed by atoms with E-state index in [-0.39, 0.29) is 17.9 Å². The molecule has 1 atom stereocenters. The highest BCUT2D eigenvalue weighted by molar-refractivity contribution is 6.31. The standard InChI is InChI=1S/C23H27ClN2O4/c1-3-15-5-4-6-21(24)20(15)14-29-19-8-7-16-9-18(13-30-22(16)10-19)26-11-17(12-26)23(27)25-28-2/h4-8,10,17-18H,3,9,11-14H2,1-2H3,(H,25,27). The van der Waals surface area contributed by atoms with Gasteiger partial charge in [0.05, 0.1) is 13.0 Å². The predicted molar refractivity (Wildman–Crippen MR) is 115 cm³/mol. The van der Waals surface area contributed by atoms with Crippen LogP contribution in [0.3, 0.4) is 0 Å². The molecule has 0 spiro atoms. The molecule has 2 aromatic carbocycles. The topological polar surface area (TPSA) is 60.0 Å². The van der Waals surface area contributed by atoms with Gasteiger partial charge in [-0.25, -0.2) is 5.48 Å². The van der Waals surface area contributed by atoms with Crippen LogP contribution in [0.5, 0.6) is 11.5 Å². The SMILES string of the molecule is CCc1cccc(Cl)c1COc1ccc2c(c1)OCC(N1CC(C(=O)NOC)C1)C2. The van der Waals surface area contributed by atoms with E-state index in [0.717, 1.165) is 53.6 Å². The van der Waals surface area contributed by atoms with Crippen LogP contribution in [0.25, 0.3) is 0 Å². The van der Waals surface area contributed by atoms with Crippen molar-refractivity contribution < 1.29 is 19.1 Å². The van der Waals surface area contributed by atoms with Crippen molar-refractivity contribution in [3.8, 4) is 11.5 Å². The highest BCUT2D eigenvalue weighted by atomic mass is 35.5. The van der Waals surface area contributed by atoms with Crippen molar-refractivity contribution in [1.82, 2.24) is 10.4 Å². The smallest absolute Gasteiger partial charge is 0.249 e. The molecule has 1 saturated heterocycles. The van der Waals surface area contributed by atoms with Gasteiger partial charge in [-0.05, 0) is 36.1 Å². The zero-order valence-corrected chi connectivity index (χ0v) is 18.1. The van der Waals surface area contributed by atoms with Crippen LogP contribution in [0.2, 0.25) is 5.02 Å². The Morgan fingerprint density at radius 1 is 1.30 bits per heavy atom. The third kappa shape index (κ3) is 4.41. The number of likely N-dealkylation sites (tertiary alicyclic amines) is 1. The van der Waals surface area contributed by atoms with E-state index in [4.69, 9.17) is 25.9 Å². The van der Waals surface area contributed by atoms with Gasteiger partial charge >= 0.3 is 0 Å². The lowest BCUT2D eigenvalue weighted by molar-refractivity contribution is -0.142. The average Bonchev–Trinajstić information content (AvgIpc) is 2.71. The number of ether oxygens (including phenoxy) is 2. The summed E-state index contributed by atoms with van der Waals surface area (Å²) >= 11 is 6.36. The van der Waals surface area contributed by atoms with E-state index in [9.17, 15) is 4.79 Å².